The first-order valence-corrected chi connectivity index (χ1v) is 7.15. The number of hydrogen-bond acceptors (Lipinski definition) is 5. The minimum Gasteiger partial charge on any atom is -0.229 e. The molecule has 0 amide bonds. The Hall–Kier alpha value is -0.0100. The van der Waals surface area contributed by atoms with E-state index in [0.29, 0.717) is 11.2 Å². The van der Waals surface area contributed by atoms with Crippen molar-refractivity contribution in [3.8, 4) is 0 Å². The summed E-state index contributed by atoms with van der Waals surface area (Å²) >= 11 is 4.42. The van der Waals surface area contributed by atoms with Crippen LogP contribution in [-0.2, 0) is 9.84 Å². The lowest BCUT2D eigenvalue weighted by atomic mass is 10.1. The summed E-state index contributed by atoms with van der Waals surface area (Å²) in [6.45, 7) is 0. The van der Waals surface area contributed by atoms with E-state index in [4.69, 9.17) is 0 Å². The lowest BCUT2D eigenvalue weighted by molar-refractivity contribution is 0.601. The maximum Gasteiger partial charge on any atom is 0.209 e. The lowest BCUT2D eigenvalue weighted by Crippen LogP contribution is -2.03. The van der Waals surface area contributed by atoms with E-state index in [9.17, 15) is 8.42 Å². The average molecular weight is 283 g/mol. The average Bonchev–Trinajstić information content (AvgIpc) is 2.56. The molecule has 7 heteroatoms. The molecule has 1 aromatic rings. The maximum atomic E-state index is 11.2. The zero-order valence-electron chi connectivity index (χ0n) is 6.60. The van der Waals surface area contributed by atoms with Gasteiger partial charge in [-0.2, -0.15) is 4.37 Å². The number of halogens is 1. The van der Waals surface area contributed by atoms with Gasteiger partial charge in [0.15, 0.2) is 9.84 Å². The summed E-state index contributed by atoms with van der Waals surface area (Å²) in [5, 5.41) is 0.827. The van der Waals surface area contributed by atoms with E-state index in [2.05, 4.69) is 25.3 Å². The SMILES string of the molecule is O=S1(=O)CCC(c2nc(Br)ns2)C1. The number of nitrogens with zero attached hydrogens (tertiary/aromatic N) is 2. The predicted molar refractivity (Wildman–Crippen MR) is 53.6 cm³/mol. The monoisotopic (exact) mass is 282 g/mol. The molecule has 1 fully saturated rings. The van der Waals surface area contributed by atoms with Gasteiger partial charge < -0.3 is 0 Å². The Labute approximate surface area is 88.6 Å². The van der Waals surface area contributed by atoms with E-state index in [1.807, 2.05) is 0 Å². The van der Waals surface area contributed by atoms with Crippen molar-refractivity contribution < 1.29 is 8.42 Å². The molecule has 1 aliphatic heterocycles. The highest BCUT2D eigenvalue weighted by Crippen LogP contribution is 2.30. The van der Waals surface area contributed by atoms with E-state index in [0.717, 1.165) is 5.01 Å². The van der Waals surface area contributed by atoms with E-state index in [1.54, 1.807) is 0 Å². The van der Waals surface area contributed by atoms with E-state index >= 15 is 0 Å². The lowest BCUT2D eigenvalue weighted by Gasteiger charge is -1.99. The topological polar surface area (TPSA) is 59.9 Å². The summed E-state index contributed by atoms with van der Waals surface area (Å²) in [7, 11) is -2.81. The number of sulfone groups is 1. The van der Waals surface area contributed by atoms with Crippen LogP contribution in [-0.4, -0.2) is 29.3 Å². The normalized spacial score (nSPS) is 26.4. The number of aromatic nitrogens is 2. The molecule has 2 heterocycles. The molecule has 1 aliphatic rings. The zero-order valence-corrected chi connectivity index (χ0v) is 9.82. The van der Waals surface area contributed by atoms with Gasteiger partial charge in [-0.25, -0.2) is 13.4 Å². The first kappa shape index (κ1) is 9.54. The van der Waals surface area contributed by atoms with Gasteiger partial charge in [0.1, 0.15) is 5.01 Å². The van der Waals surface area contributed by atoms with E-state index < -0.39 is 9.84 Å². The second-order valence-electron chi connectivity index (χ2n) is 3.00. The van der Waals surface area contributed by atoms with Crippen molar-refractivity contribution in [2.75, 3.05) is 11.5 Å². The maximum absolute atomic E-state index is 11.2. The highest BCUT2D eigenvalue weighted by atomic mass is 79.9. The molecule has 0 saturated carbocycles. The van der Waals surface area contributed by atoms with Gasteiger partial charge in [0.05, 0.1) is 11.5 Å². The van der Waals surface area contributed by atoms with Crippen molar-refractivity contribution in [3.63, 3.8) is 0 Å². The first-order chi connectivity index (χ1) is 6.07. The van der Waals surface area contributed by atoms with Gasteiger partial charge in [-0.3, -0.25) is 0 Å². The molecular formula is C6H7BrN2O2S2. The van der Waals surface area contributed by atoms with Crippen LogP contribution in [0.1, 0.15) is 17.3 Å². The molecule has 1 saturated heterocycles. The van der Waals surface area contributed by atoms with Crippen LogP contribution in [0, 0.1) is 0 Å². The first-order valence-electron chi connectivity index (χ1n) is 3.76. The molecule has 0 bridgehead atoms. The molecule has 0 aromatic carbocycles. The summed E-state index contributed by atoms with van der Waals surface area (Å²) < 4.78 is 26.8. The summed E-state index contributed by atoms with van der Waals surface area (Å²) in [5.74, 6) is 0.581. The smallest absolute Gasteiger partial charge is 0.209 e. The highest BCUT2D eigenvalue weighted by molar-refractivity contribution is 9.10. The Balaban J connectivity index is 2.21. The molecule has 4 nitrogen and oxygen atoms in total. The minimum atomic E-state index is -2.81. The van der Waals surface area contributed by atoms with Crippen molar-refractivity contribution in [2.45, 2.75) is 12.3 Å². The molecule has 13 heavy (non-hydrogen) atoms. The van der Waals surface area contributed by atoms with E-state index in [-0.39, 0.29) is 17.4 Å². The fraction of sp³-hybridized carbons (Fsp3) is 0.667. The quantitative estimate of drug-likeness (QED) is 0.777. The third-order valence-corrected chi connectivity index (χ3v) is 5.23. The minimum absolute atomic E-state index is 0.0637. The third kappa shape index (κ3) is 2.08. The van der Waals surface area contributed by atoms with Gasteiger partial charge in [-0.05, 0) is 33.9 Å². The molecule has 1 atom stereocenters. The molecule has 0 spiro atoms. The summed E-state index contributed by atoms with van der Waals surface area (Å²) in [6.07, 6.45) is 0.684. The van der Waals surface area contributed by atoms with Crippen molar-refractivity contribution in [1.29, 1.82) is 0 Å². The standard InChI is InChI=1S/C6H7BrN2O2S2/c7-6-8-5(12-9-6)4-1-2-13(10,11)3-4/h4H,1-3H2. The molecule has 72 valence electrons. The number of hydrogen-bond donors (Lipinski definition) is 0. The molecule has 0 aliphatic carbocycles. The Kier molecular flexibility index (Phi) is 2.41. The van der Waals surface area contributed by atoms with Gasteiger partial charge in [-0.1, -0.05) is 0 Å². The Morgan fingerprint density at radius 1 is 1.54 bits per heavy atom. The number of rotatable bonds is 1. The molecule has 0 radical (unpaired) electrons. The summed E-state index contributed by atoms with van der Waals surface area (Å²) in [6, 6.07) is 0. The van der Waals surface area contributed by atoms with Crippen LogP contribution in [0.4, 0.5) is 0 Å². The van der Waals surface area contributed by atoms with Crippen LogP contribution in [0.2, 0.25) is 0 Å². The van der Waals surface area contributed by atoms with Crippen LogP contribution in [0.3, 0.4) is 0 Å². The van der Waals surface area contributed by atoms with Gasteiger partial charge in [0.2, 0.25) is 4.73 Å². The molecule has 2 rings (SSSR count). The van der Waals surface area contributed by atoms with E-state index in [1.165, 1.54) is 11.5 Å². The zero-order chi connectivity index (χ0) is 9.47. The molecular weight excluding hydrogens is 276 g/mol. The van der Waals surface area contributed by atoms with Gasteiger partial charge in [0, 0.05) is 5.92 Å². The van der Waals surface area contributed by atoms with Crippen LogP contribution >= 0.6 is 27.5 Å². The Bertz CT molecular complexity index is 414. The van der Waals surface area contributed by atoms with Crippen molar-refractivity contribution in [1.82, 2.24) is 9.36 Å². The van der Waals surface area contributed by atoms with Gasteiger partial charge in [-0.15, -0.1) is 0 Å². The van der Waals surface area contributed by atoms with Crippen LogP contribution in [0.5, 0.6) is 0 Å². The van der Waals surface area contributed by atoms with Crippen LogP contribution in [0.15, 0.2) is 4.73 Å². The Morgan fingerprint density at radius 2 is 2.31 bits per heavy atom. The highest BCUT2D eigenvalue weighted by Gasteiger charge is 2.31. The van der Waals surface area contributed by atoms with Crippen LogP contribution in [0.25, 0.3) is 0 Å². The second-order valence-corrected chi connectivity index (χ2v) is 6.72. The second kappa shape index (κ2) is 3.29. The molecule has 1 unspecified atom stereocenters. The fourth-order valence-corrected chi connectivity index (χ4v) is 4.44. The summed E-state index contributed by atoms with van der Waals surface area (Å²) in [4.78, 5) is 4.12. The molecule has 1 aromatic heterocycles. The van der Waals surface area contributed by atoms with Crippen LogP contribution < -0.4 is 0 Å². The van der Waals surface area contributed by atoms with Crippen molar-refractivity contribution >= 4 is 37.3 Å². The van der Waals surface area contributed by atoms with Crippen molar-refractivity contribution in [2.24, 2.45) is 0 Å². The van der Waals surface area contributed by atoms with Gasteiger partial charge in [0.25, 0.3) is 0 Å². The Morgan fingerprint density at radius 3 is 2.77 bits per heavy atom. The largest absolute Gasteiger partial charge is 0.229 e. The molecule has 0 N–H and O–H groups in total. The summed E-state index contributed by atoms with van der Waals surface area (Å²) in [5.41, 5.74) is 0. The third-order valence-electron chi connectivity index (χ3n) is 2.00. The van der Waals surface area contributed by atoms with Crippen molar-refractivity contribution in [3.05, 3.63) is 9.74 Å². The predicted octanol–water partition coefficient (Wildman–Crippen LogP) is 1.20. The fourth-order valence-electron chi connectivity index (χ4n) is 1.37. The van der Waals surface area contributed by atoms with Gasteiger partial charge >= 0.3 is 0 Å².